The van der Waals surface area contributed by atoms with E-state index in [4.69, 9.17) is 15.7 Å². The Morgan fingerprint density at radius 2 is 1.17 bits per heavy atom. The minimum absolute atomic E-state index is 0.122. The molecule has 41 heavy (non-hydrogen) atoms. The Hall–Kier alpha value is -5.02. The summed E-state index contributed by atoms with van der Waals surface area (Å²) in [6.07, 6.45) is 0. The van der Waals surface area contributed by atoms with E-state index in [9.17, 15) is 0 Å². The van der Waals surface area contributed by atoms with Crippen molar-refractivity contribution >= 4 is 33.2 Å². The summed E-state index contributed by atoms with van der Waals surface area (Å²) < 4.78 is 0. The van der Waals surface area contributed by atoms with E-state index in [1.54, 1.807) is 0 Å². The molecule has 3 heteroatoms. The average molecular weight is 530 g/mol. The summed E-state index contributed by atoms with van der Waals surface area (Å²) in [5, 5.41) is 5.29. The molecule has 0 saturated carbocycles. The predicted octanol–water partition coefficient (Wildman–Crippen LogP) is 8.65. The third-order valence-electron chi connectivity index (χ3n) is 8.28. The molecule has 0 fully saturated rings. The van der Waals surface area contributed by atoms with Crippen LogP contribution >= 0.6 is 0 Å². The molecular weight excluding hydrogens is 498 g/mol. The fraction of sp³-hybridized carbons (Fsp3) is 0.105. The summed E-state index contributed by atoms with van der Waals surface area (Å²) in [5.74, 6) is 1.09. The van der Waals surface area contributed by atoms with E-state index in [2.05, 4.69) is 80.6 Å². The third-order valence-corrected chi connectivity index (χ3v) is 8.28. The van der Waals surface area contributed by atoms with Gasteiger partial charge in [0.2, 0.25) is 0 Å². The Labute approximate surface area is 240 Å². The number of aliphatic imine (C=N–C) groups is 2. The van der Waals surface area contributed by atoms with Crippen LogP contribution in [0.25, 0.3) is 32.7 Å². The third kappa shape index (κ3) is 4.40. The minimum atomic E-state index is -0.122. The first kappa shape index (κ1) is 25.0. The van der Waals surface area contributed by atoms with Crippen molar-refractivity contribution in [3.63, 3.8) is 0 Å². The summed E-state index contributed by atoms with van der Waals surface area (Å²) in [6.45, 7) is 5.20. The molecule has 0 aromatic heterocycles. The molecule has 7 rings (SSSR count). The van der Waals surface area contributed by atoms with Gasteiger partial charge < -0.3 is 5.73 Å². The first-order chi connectivity index (χ1) is 20.0. The van der Waals surface area contributed by atoms with Crippen LogP contribution in [0, 0.1) is 0 Å². The average Bonchev–Trinajstić information content (AvgIpc) is 3.25. The number of hydrogen-bond donors (Lipinski definition) is 1. The molecule has 198 valence electrons. The fourth-order valence-electron chi connectivity index (χ4n) is 6.14. The van der Waals surface area contributed by atoms with Gasteiger partial charge in [-0.15, -0.1) is 0 Å². The standard InChI is InChI=1S/C38H31N3/c1-38(2)32-21-25(24-40-37(28-16-10-5-11-17-28)41-36(39)27-14-8-4-9-15-27)20-29-18-19-30-22-31(26-12-6-3-7-13-26)23-33(38)35(30)34(29)32/h3-23H,24H2,1-2H3,(H2,39,40,41). The van der Waals surface area contributed by atoms with Gasteiger partial charge in [0.05, 0.1) is 6.54 Å². The molecule has 0 bridgehead atoms. The second-order valence-electron chi connectivity index (χ2n) is 11.3. The minimum Gasteiger partial charge on any atom is -0.383 e. The van der Waals surface area contributed by atoms with Crippen LogP contribution in [0.5, 0.6) is 0 Å². The van der Waals surface area contributed by atoms with Crippen LogP contribution in [-0.4, -0.2) is 11.7 Å². The molecular formula is C38H31N3. The Kier molecular flexibility index (Phi) is 6.01. The maximum atomic E-state index is 6.43. The van der Waals surface area contributed by atoms with Crippen molar-refractivity contribution in [2.45, 2.75) is 25.8 Å². The van der Waals surface area contributed by atoms with Crippen LogP contribution in [-0.2, 0) is 12.0 Å². The van der Waals surface area contributed by atoms with Gasteiger partial charge >= 0.3 is 0 Å². The largest absolute Gasteiger partial charge is 0.383 e. The monoisotopic (exact) mass is 529 g/mol. The summed E-state index contributed by atoms with van der Waals surface area (Å²) in [7, 11) is 0. The second-order valence-corrected chi connectivity index (χ2v) is 11.3. The van der Waals surface area contributed by atoms with Crippen molar-refractivity contribution in [3.05, 3.63) is 155 Å². The molecule has 1 aliphatic carbocycles. The molecule has 0 amide bonds. The zero-order valence-corrected chi connectivity index (χ0v) is 23.3. The molecule has 0 heterocycles. The molecule has 0 spiro atoms. The summed E-state index contributed by atoms with van der Waals surface area (Å²) in [5.41, 5.74) is 14.6. The van der Waals surface area contributed by atoms with E-state index >= 15 is 0 Å². The van der Waals surface area contributed by atoms with Crippen molar-refractivity contribution < 1.29 is 0 Å². The molecule has 0 aliphatic heterocycles. The number of nitrogens with zero attached hydrogens (tertiary/aromatic N) is 2. The molecule has 0 saturated heterocycles. The zero-order chi connectivity index (χ0) is 28.0. The Morgan fingerprint density at radius 1 is 0.610 bits per heavy atom. The summed E-state index contributed by atoms with van der Waals surface area (Å²) >= 11 is 0. The first-order valence-corrected chi connectivity index (χ1v) is 14.1. The topological polar surface area (TPSA) is 50.7 Å². The van der Waals surface area contributed by atoms with Gasteiger partial charge in [-0.2, -0.15) is 0 Å². The van der Waals surface area contributed by atoms with Gasteiger partial charge in [0.1, 0.15) is 5.84 Å². The van der Waals surface area contributed by atoms with Gasteiger partial charge in [0, 0.05) is 16.5 Å². The molecule has 0 radical (unpaired) electrons. The quantitative estimate of drug-likeness (QED) is 0.136. The molecule has 0 unspecified atom stereocenters. The van der Waals surface area contributed by atoms with E-state index in [1.807, 2.05) is 60.7 Å². The van der Waals surface area contributed by atoms with Gasteiger partial charge in [-0.05, 0) is 67.6 Å². The van der Waals surface area contributed by atoms with E-state index in [0.717, 1.165) is 16.7 Å². The van der Waals surface area contributed by atoms with Crippen LogP contribution in [0.3, 0.4) is 0 Å². The number of hydrogen-bond acceptors (Lipinski definition) is 1. The van der Waals surface area contributed by atoms with Crippen LogP contribution in [0.2, 0.25) is 0 Å². The molecule has 1 aliphatic rings. The van der Waals surface area contributed by atoms with E-state index in [0.29, 0.717) is 18.2 Å². The lowest BCUT2D eigenvalue weighted by molar-refractivity contribution is 0.662. The lowest BCUT2D eigenvalue weighted by Crippen LogP contribution is -2.16. The van der Waals surface area contributed by atoms with Gasteiger partial charge in [0.15, 0.2) is 5.84 Å². The van der Waals surface area contributed by atoms with Crippen LogP contribution in [0.4, 0.5) is 0 Å². The Morgan fingerprint density at radius 3 is 1.83 bits per heavy atom. The SMILES string of the molecule is CC1(C)c2cc(CN=C(N=C(N)c3ccccc3)c3ccccc3)cc3ccc4cc(-c5ccccc5)cc1c4c23. The highest BCUT2D eigenvalue weighted by Gasteiger charge is 2.34. The number of benzene rings is 6. The summed E-state index contributed by atoms with van der Waals surface area (Å²) in [6, 6.07) is 44.5. The smallest absolute Gasteiger partial charge is 0.157 e. The van der Waals surface area contributed by atoms with Crippen molar-refractivity contribution in [2.75, 3.05) is 0 Å². The number of nitrogens with two attached hydrogens (primary N) is 1. The molecule has 2 N–H and O–H groups in total. The zero-order valence-electron chi connectivity index (χ0n) is 23.3. The summed E-state index contributed by atoms with van der Waals surface area (Å²) in [4.78, 5) is 9.81. The maximum Gasteiger partial charge on any atom is 0.157 e. The van der Waals surface area contributed by atoms with Crippen molar-refractivity contribution in [2.24, 2.45) is 15.7 Å². The van der Waals surface area contributed by atoms with Gasteiger partial charge in [0.25, 0.3) is 0 Å². The highest BCUT2D eigenvalue weighted by atomic mass is 15.0. The van der Waals surface area contributed by atoms with Gasteiger partial charge in [-0.25, -0.2) is 4.99 Å². The molecule has 6 aromatic rings. The second kappa shape index (κ2) is 9.87. The highest BCUT2D eigenvalue weighted by molar-refractivity contribution is 6.16. The van der Waals surface area contributed by atoms with Crippen LogP contribution in [0.1, 0.15) is 41.7 Å². The van der Waals surface area contributed by atoms with E-state index < -0.39 is 0 Å². The number of rotatable bonds is 5. The van der Waals surface area contributed by atoms with Crippen LogP contribution < -0.4 is 5.73 Å². The van der Waals surface area contributed by atoms with E-state index in [1.165, 1.54) is 43.8 Å². The normalized spacial score (nSPS) is 14.3. The lowest BCUT2D eigenvalue weighted by atomic mass is 9.80. The van der Waals surface area contributed by atoms with Crippen molar-refractivity contribution in [1.29, 1.82) is 0 Å². The van der Waals surface area contributed by atoms with Crippen molar-refractivity contribution in [1.82, 2.24) is 0 Å². The van der Waals surface area contributed by atoms with Crippen LogP contribution in [0.15, 0.2) is 137 Å². The first-order valence-electron chi connectivity index (χ1n) is 14.1. The molecule has 0 atom stereocenters. The number of amidine groups is 2. The van der Waals surface area contributed by atoms with Gasteiger partial charge in [-0.3, -0.25) is 4.99 Å². The predicted molar refractivity (Wildman–Crippen MR) is 173 cm³/mol. The molecule has 3 nitrogen and oxygen atoms in total. The molecule has 6 aromatic carbocycles. The fourth-order valence-corrected chi connectivity index (χ4v) is 6.14. The highest BCUT2D eigenvalue weighted by Crippen LogP contribution is 2.50. The maximum absolute atomic E-state index is 6.43. The van der Waals surface area contributed by atoms with Gasteiger partial charge in [-0.1, -0.05) is 123 Å². The lowest BCUT2D eigenvalue weighted by Gasteiger charge is -2.23. The van der Waals surface area contributed by atoms with Crippen molar-refractivity contribution in [3.8, 4) is 11.1 Å². The Bertz CT molecular complexity index is 1970. The Balaban J connectivity index is 1.31. The van der Waals surface area contributed by atoms with E-state index in [-0.39, 0.29) is 5.41 Å².